The van der Waals surface area contributed by atoms with Crippen LogP contribution < -0.4 is 20.7 Å². The lowest BCUT2D eigenvalue weighted by atomic mass is 9.94. The maximum atomic E-state index is 11.9. The second-order valence-corrected chi connectivity index (χ2v) is 6.38. The normalized spacial score (nSPS) is 16.9. The number of nitrogens with one attached hydrogen (secondary N) is 3. The summed E-state index contributed by atoms with van der Waals surface area (Å²) < 4.78 is 5.34. The number of hydrogen-bond donors (Lipinski definition) is 3. The molecule has 6 nitrogen and oxygen atoms in total. The molecule has 1 heterocycles. The van der Waals surface area contributed by atoms with Gasteiger partial charge in [-0.05, 0) is 75.9 Å². The Morgan fingerprint density at radius 2 is 2.00 bits per heavy atom. The van der Waals surface area contributed by atoms with Gasteiger partial charge >= 0.3 is 11.8 Å². The van der Waals surface area contributed by atoms with Gasteiger partial charge in [-0.2, -0.15) is 0 Å². The molecule has 2 rings (SSSR count). The summed E-state index contributed by atoms with van der Waals surface area (Å²) in [5.74, 6) is 0.263. The Hall–Kier alpha value is -2.08. The molecular weight excluding hydrogens is 318 g/mol. The van der Waals surface area contributed by atoms with Gasteiger partial charge in [-0.3, -0.25) is 9.59 Å². The molecule has 0 unspecified atom stereocenters. The van der Waals surface area contributed by atoms with Gasteiger partial charge in [0.2, 0.25) is 0 Å². The fourth-order valence-electron chi connectivity index (χ4n) is 3.00. The maximum Gasteiger partial charge on any atom is 0.313 e. The van der Waals surface area contributed by atoms with E-state index in [0.717, 1.165) is 37.6 Å². The molecular formula is C19H29N3O3. The van der Waals surface area contributed by atoms with Crippen LogP contribution in [0.15, 0.2) is 24.3 Å². The molecule has 1 aliphatic heterocycles. The highest BCUT2D eigenvalue weighted by Crippen LogP contribution is 2.17. The third kappa shape index (κ3) is 7.13. The predicted molar refractivity (Wildman–Crippen MR) is 98.7 cm³/mol. The van der Waals surface area contributed by atoms with Crippen LogP contribution in [-0.4, -0.2) is 38.1 Å². The summed E-state index contributed by atoms with van der Waals surface area (Å²) in [6.07, 6.45) is 5.71. The van der Waals surface area contributed by atoms with Crippen molar-refractivity contribution in [2.45, 2.75) is 39.0 Å². The highest BCUT2D eigenvalue weighted by atomic mass is 16.5. The number of carbonyl (C=O) groups excluding carboxylic acids is 2. The average Bonchev–Trinajstić information content (AvgIpc) is 2.64. The second-order valence-electron chi connectivity index (χ2n) is 6.38. The van der Waals surface area contributed by atoms with Gasteiger partial charge in [-0.1, -0.05) is 6.42 Å². The first-order valence-electron chi connectivity index (χ1n) is 9.21. The monoisotopic (exact) mass is 347 g/mol. The lowest BCUT2D eigenvalue weighted by molar-refractivity contribution is -0.136. The molecule has 0 saturated carbocycles. The molecule has 138 valence electrons. The Morgan fingerprint density at radius 3 is 2.68 bits per heavy atom. The molecule has 0 spiro atoms. The van der Waals surface area contributed by atoms with Crippen molar-refractivity contribution >= 4 is 17.5 Å². The number of benzene rings is 1. The Labute approximate surface area is 149 Å². The number of anilines is 1. The van der Waals surface area contributed by atoms with Crippen LogP contribution in [0.5, 0.6) is 5.75 Å². The largest absolute Gasteiger partial charge is 0.494 e. The summed E-state index contributed by atoms with van der Waals surface area (Å²) in [6, 6.07) is 6.96. The van der Waals surface area contributed by atoms with E-state index in [-0.39, 0.29) is 0 Å². The van der Waals surface area contributed by atoms with Gasteiger partial charge < -0.3 is 20.7 Å². The Balaban J connectivity index is 1.60. The van der Waals surface area contributed by atoms with Crippen molar-refractivity contribution in [3.05, 3.63) is 24.3 Å². The van der Waals surface area contributed by atoms with E-state index < -0.39 is 11.8 Å². The van der Waals surface area contributed by atoms with Gasteiger partial charge in [-0.15, -0.1) is 0 Å². The highest BCUT2D eigenvalue weighted by Gasteiger charge is 2.14. The van der Waals surface area contributed by atoms with E-state index in [0.29, 0.717) is 18.8 Å². The van der Waals surface area contributed by atoms with Crippen molar-refractivity contribution in [2.24, 2.45) is 5.92 Å². The van der Waals surface area contributed by atoms with Crippen molar-refractivity contribution in [3.63, 3.8) is 0 Å². The van der Waals surface area contributed by atoms with E-state index in [1.165, 1.54) is 19.3 Å². The maximum absolute atomic E-state index is 11.9. The Kier molecular flexibility index (Phi) is 8.25. The van der Waals surface area contributed by atoms with E-state index in [1.807, 2.05) is 6.92 Å². The molecule has 1 fully saturated rings. The molecule has 0 bridgehead atoms. The van der Waals surface area contributed by atoms with Crippen molar-refractivity contribution in [1.29, 1.82) is 0 Å². The minimum atomic E-state index is -0.638. The number of rotatable bonds is 8. The fourth-order valence-corrected chi connectivity index (χ4v) is 3.00. The van der Waals surface area contributed by atoms with Crippen LogP contribution >= 0.6 is 0 Å². The van der Waals surface area contributed by atoms with Crippen LogP contribution in [-0.2, 0) is 9.59 Å². The second kappa shape index (κ2) is 10.7. The smallest absolute Gasteiger partial charge is 0.313 e. The predicted octanol–water partition coefficient (Wildman–Crippen LogP) is 2.31. The summed E-state index contributed by atoms with van der Waals surface area (Å²) >= 11 is 0. The third-order valence-electron chi connectivity index (χ3n) is 4.35. The van der Waals surface area contributed by atoms with Crippen molar-refractivity contribution < 1.29 is 14.3 Å². The van der Waals surface area contributed by atoms with Gasteiger partial charge in [0.15, 0.2) is 0 Å². The molecule has 1 atom stereocenters. The zero-order valence-corrected chi connectivity index (χ0v) is 15.0. The van der Waals surface area contributed by atoms with E-state index in [4.69, 9.17) is 4.74 Å². The number of amides is 2. The molecule has 1 aliphatic rings. The van der Waals surface area contributed by atoms with Gasteiger partial charge in [0, 0.05) is 12.2 Å². The van der Waals surface area contributed by atoms with Crippen LogP contribution in [0.2, 0.25) is 0 Å². The minimum absolute atomic E-state index is 0.537. The Morgan fingerprint density at radius 1 is 1.20 bits per heavy atom. The van der Waals surface area contributed by atoms with Crippen LogP contribution in [0.25, 0.3) is 0 Å². The fraction of sp³-hybridized carbons (Fsp3) is 0.579. The quantitative estimate of drug-likeness (QED) is 0.498. The number of unbranched alkanes of at least 4 members (excludes halogenated alkanes) is 1. The standard InChI is InChI=1S/C19H29N3O3/c1-2-25-17-10-8-16(9-11-17)22-19(24)18(23)21-13-4-3-6-15-7-5-12-20-14-15/h8-11,15,20H,2-7,12-14H2,1H3,(H,21,23)(H,22,24)/t15-/m0/s1. The molecule has 0 radical (unpaired) electrons. The number of piperidine rings is 1. The van der Waals surface area contributed by atoms with E-state index in [2.05, 4.69) is 16.0 Å². The van der Waals surface area contributed by atoms with Crippen molar-refractivity contribution in [2.75, 3.05) is 31.6 Å². The summed E-state index contributed by atoms with van der Waals surface area (Å²) in [5, 5.41) is 8.68. The lowest BCUT2D eigenvalue weighted by Gasteiger charge is -2.22. The lowest BCUT2D eigenvalue weighted by Crippen LogP contribution is -2.36. The van der Waals surface area contributed by atoms with Crippen LogP contribution in [0.3, 0.4) is 0 Å². The number of carbonyl (C=O) groups is 2. The Bertz CT molecular complexity index is 539. The molecule has 0 aromatic heterocycles. The molecule has 6 heteroatoms. The van der Waals surface area contributed by atoms with Crippen molar-refractivity contribution in [1.82, 2.24) is 10.6 Å². The molecule has 1 aromatic rings. The van der Waals surface area contributed by atoms with Crippen LogP contribution in [0.1, 0.15) is 39.0 Å². The number of ether oxygens (including phenoxy) is 1. The first kappa shape index (κ1) is 19.2. The van der Waals surface area contributed by atoms with Gasteiger partial charge in [0.25, 0.3) is 0 Å². The van der Waals surface area contributed by atoms with E-state index >= 15 is 0 Å². The molecule has 25 heavy (non-hydrogen) atoms. The van der Waals surface area contributed by atoms with Crippen molar-refractivity contribution in [3.8, 4) is 5.75 Å². The first-order chi connectivity index (χ1) is 12.2. The van der Waals surface area contributed by atoms with Gasteiger partial charge in [-0.25, -0.2) is 0 Å². The molecule has 2 amide bonds. The van der Waals surface area contributed by atoms with Crippen LogP contribution in [0, 0.1) is 5.92 Å². The molecule has 1 saturated heterocycles. The zero-order chi connectivity index (χ0) is 17.9. The first-order valence-corrected chi connectivity index (χ1v) is 9.21. The topological polar surface area (TPSA) is 79.5 Å². The summed E-state index contributed by atoms with van der Waals surface area (Å²) in [7, 11) is 0. The minimum Gasteiger partial charge on any atom is -0.494 e. The highest BCUT2D eigenvalue weighted by molar-refractivity contribution is 6.39. The SMILES string of the molecule is CCOc1ccc(NC(=O)C(=O)NCCCC[C@H]2CCCNC2)cc1. The van der Waals surface area contributed by atoms with E-state index in [1.54, 1.807) is 24.3 Å². The molecule has 0 aliphatic carbocycles. The average molecular weight is 347 g/mol. The number of hydrogen-bond acceptors (Lipinski definition) is 4. The summed E-state index contributed by atoms with van der Waals surface area (Å²) in [4.78, 5) is 23.7. The molecule has 3 N–H and O–H groups in total. The van der Waals surface area contributed by atoms with Crippen LogP contribution in [0.4, 0.5) is 5.69 Å². The molecule has 1 aromatic carbocycles. The van der Waals surface area contributed by atoms with Gasteiger partial charge in [0.1, 0.15) is 5.75 Å². The third-order valence-corrected chi connectivity index (χ3v) is 4.35. The van der Waals surface area contributed by atoms with Gasteiger partial charge in [0.05, 0.1) is 6.61 Å². The zero-order valence-electron chi connectivity index (χ0n) is 15.0. The summed E-state index contributed by atoms with van der Waals surface area (Å²) in [5.41, 5.74) is 0.577. The summed E-state index contributed by atoms with van der Waals surface area (Å²) in [6.45, 7) is 5.28. The van der Waals surface area contributed by atoms with E-state index in [9.17, 15) is 9.59 Å².